The van der Waals surface area contributed by atoms with Crippen molar-refractivity contribution in [3.05, 3.63) is 35.4 Å². The van der Waals surface area contributed by atoms with E-state index in [0.29, 0.717) is 11.8 Å². The van der Waals surface area contributed by atoms with Crippen LogP contribution in [-0.4, -0.2) is 16.2 Å². The third-order valence-corrected chi connectivity index (χ3v) is 5.01. The number of rotatable bonds is 5. The molecule has 0 bridgehead atoms. The van der Waals surface area contributed by atoms with Crippen molar-refractivity contribution >= 4 is 28.2 Å². The zero-order valence-corrected chi connectivity index (χ0v) is 12.5. The first-order chi connectivity index (χ1) is 10.0. The largest absolute Gasteiger partial charge is 0.416 e. The highest BCUT2D eigenvalue weighted by atomic mass is 32.2. The predicted molar refractivity (Wildman–Crippen MR) is 77.6 cm³/mol. The summed E-state index contributed by atoms with van der Waals surface area (Å²) in [4.78, 5) is 0. The van der Waals surface area contributed by atoms with Crippen molar-refractivity contribution in [2.45, 2.75) is 35.2 Å². The molecule has 0 saturated heterocycles. The molecule has 0 aliphatic heterocycles. The molecule has 0 unspecified atom stereocenters. The smallest absolute Gasteiger partial charge is 0.357 e. The van der Waals surface area contributed by atoms with Crippen LogP contribution in [0.5, 0.6) is 0 Å². The van der Waals surface area contributed by atoms with Crippen LogP contribution in [0.25, 0.3) is 0 Å². The maximum atomic E-state index is 12.5. The molecule has 1 saturated carbocycles. The summed E-state index contributed by atoms with van der Waals surface area (Å²) in [5.74, 6) is 0.580. The van der Waals surface area contributed by atoms with E-state index in [0.717, 1.165) is 27.2 Å². The number of aromatic nitrogens is 2. The molecule has 1 N–H and O–H groups in total. The number of thioether (sulfide) groups is 1. The Morgan fingerprint density at radius 2 is 1.90 bits per heavy atom. The summed E-state index contributed by atoms with van der Waals surface area (Å²) in [6.45, 7) is 0. The van der Waals surface area contributed by atoms with Gasteiger partial charge in [-0.05, 0) is 30.5 Å². The maximum Gasteiger partial charge on any atom is 0.416 e. The average Bonchev–Trinajstić information content (AvgIpc) is 3.13. The number of nitrogens with zero attached hydrogens (tertiary/aromatic N) is 2. The number of hydrogen-bond donors (Lipinski definition) is 1. The van der Waals surface area contributed by atoms with Gasteiger partial charge in [-0.1, -0.05) is 35.2 Å². The fourth-order valence-corrected chi connectivity index (χ4v) is 3.45. The van der Waals surface area contributed by atoms with Crippen LogP contribution in [0.1, 0.15) is 24.0 Å². The van der Waals surface area contributed by atoms with Gasteiger partial charge in [0.05, 0.1) is 5.56 Å². The van der Waals surface area contributed by atoms with Gasteiger partial charge in [0.2, 0.25) is 5.13 Å². The highest BCUT2D eigenvalue weighted by Crippen LogP contribution is 2.33. The predicted octanol–water partition coefficient (Wildman–Crippen LogP) is 4.42. The molecule has 1 fully saturated rings. The van der Waals surface area contributed by atoms with E-state index in [1.165, 1.54) is 48.1 Å². The Bertz CT molecular complexity index is 606. The molecule has 8 heteroatoms. The van der Waals surface area contributed by atoms with Crippen LogP contribution >= 0.6 is 23.1 Å². The van der Waals surface area contributed by atoms with Crippen LogP contribution < -0.4 is 5.32 Å². The van der Waals surface area contributed by atoms with E-state index in [-0.39, 0.29) is 0 Å². The molecule has 0 amide bonds. The first kappa shape index (κ1) is 14.6. The summed E-state index contributed by atoms with van der Waals surface area (Å²) in [6.07, 6.45) is -1.94. The Hall–Kier alpha value is -1.28. The lowest BCUT2D eigenvalue weighted by molar-refractivity contribution is -0.137. The van der Waals surface area contributed by atoms with E-state index in [1.54, 1.807) is 0 Å². The summed E-state index contributed by atoms with van der Waals surface area (Å²) < 4.78 is 38.2. The van der Waals surface area contributed by atoms with Gasteiger partial charge in [0, 0.05) is 11.8 Å². The van der Waals surface area contributed by atoms with Gasteiger partial charge in [-0.15, -0.1) is 10.2 Å². The first-order valence-electron chi connectivity index (χ1n) is 6.40. The number of benzene rings is 1. The van der Waals surface area contributed by atoms with Gasteiger partial charge < -0.3 is 5.32 Å². The highest BCUT2D eigenvalue weighted by Gasteiger charge is 2.29. The molecule has 3 nitrogen and oxygen atoms in total. The number of halogens is 3. The van der Waals surface area contributed by atoms with Crippen molar-refractivity contribution in [1.82, 2.24) is 10.2 Å². The van der Waals surface area contributed by atoms with Crippen molar-refractivity contribution in [3.63, 3.8) is 0 Å². The summed E-state index contributed by atoms with van der Waals surface area (Å²) in [5.41, 5.74) is 0.211. The molecule has 1 aromatic heterocycles. The molecule has 0 radical (unpaired) electrons. The molecule has 112 valence electrons. The molecule has 21 heavy (non-hydrogen) atoms. The third kappa shape index (κ3) is 4.10. The molecule has 1 aliphatic rings. The lowest BCUT2D eigenvalue weighted by Crippen LogP contribution is -2.04. The minimum atomic E-state index is -4.28. The molecule has 0 atom stereocenters. The number of nitrogens with one attached hydrogen (secondary N) is 1. The van der Waals surface area contributed by atoms with Crippen LogP contribution in [0.2, 0.25) is 0 Å². The zero-order valence-electron chi connectivity index (χ0n) is 10.9. The topological polar surface area (TPSA) is 37.8 Å². The second kappa shape index (κ2) is 5.84. The lowest BCUT2D eigenvalue weighted by atomic mass is 10.1. The molecule has 3 rings (SSSR count). The van der Waals surface area contributed by atoms with Gasteiger partial charge in [-0.2, -0.15) is 13.2 Å². The van der Waals surface area contributed by atoms with E-state index in [4.69, 9.17) is 0 Å². The Kier molecular flexibility index (Phi) is 4.08. The minimum Gasteiger partial charge on any atom is -0.357 e. The summed E-state index contributed by atoms with van der Waals surface area (Å²) in [7, 11) is 0. The fraction of sp³-hybridized carbons (Fsp3) is 0.385. The standard InChI is InChI=1S/C13H12F3N3S2/c14-13(15,16)9-3-1-8(2-4-9)7-20-12-19-18-11(21-12)17-10-5-6-10/h1-4,10H,5-7H2,(H,17,18). The normalized spacial score (nSPS) is 15.2. The van der Waals surface area contributed by atoms with Gasteiger partial charge in [-0.25, -0.2) is 0 Å². The van der Waals surface area contributed by atoms with Gasteiger partial charge in [0.15, 0.2) is 4.34 Å². The first-order valence-corrected chi connectivity index (χ1v) is 8.20. The van der Waals surface area contributed by atoms with Crippen molar-refractivity contribution in [1.29, 1.82) is 0 Å². The second-order valence-electron chi connectivity index (χ2n) is 4.78. The molecule has 0 spiro atoms. The van der Waals surface area contributed by atoms with E-state index in [9.17, 15) is 13.2 Å². The fourth-order valence-electron chi connectivity index (χ4n) is 1.66. The summed E-state index contributed by atoms with van der Waals surface area (Å²) in [5, 5.41) is 12.2. The molecule has 2 aromatic rings. The number of hydrogen-bond acceptors (Lipinski definition) is 5. The van der Waals surface area contributed by atoms with E-state index < -0.39 is 11.7 Å². The summed E-state index contributed by atoms with van der Waals surface area (Å²) >= 11 is 2.96. The van der Waals surface area contributed by atoms with E-state index >= 15 is 0 Å². The van der Waals surface area contributed by atoms with Gasteiger partial charge >= 0.3 is 6.18 Å². The number of alkyl halides is 3. The SMILES string of the molecule is FC(F)(F)c1ccc(CSc2nnc(NC3CC3)s2)cc1. The van der Waals surface area contributed by atoms with Crippen molar-refractivity contribution in [2.75, 3.05) is 5.32 Å². The molecule has 1 aromatic carbocycles. The lowest BCUT2D eigenvalue weighted by Gasteiger charge is -2.06. The maximum absolute atomic E-state index is 12.5. The van der Waals surface area contributed by atoms with Crippen molar-refractivity contribution < 1.29 is 13.2 Å². The Morgan fingerprint density at radius 3 is 2.52 bits per heavy atom. The minimum absolute atomic E-state index is 0.533. The summed E-state index contributed by atoms with van der Waals surface area (Å²) in [6, 6.07) is 5.75. The van der Waals surface area contributed by atoms with Crippen molar-refractivity contribution in [2.24, 2.45) is 0 Å². The highest BCUT2D eigenvalue weighted by molar-refractivity contribution is 8.00. The molecule has 1 heterocycles. The van der Waals surface area contributed by atoms with Gasteiger partial charge in [0.1, 0.15) is 0 Å². The zero-order chi connectivity index (χ0) is 14.9. The monoisotopic (exact) mass is 331 g/mol. The van der Waals surface area contributed by atoms with Crippen LogP contribution in [-0.2, 0) is 11.9 Å². The van der Waals surface area contributed by atoms with Crippen molar-refractivity contribution in [3.8, 4) is 0 Å². The third-order valence-electron chi connectivity index (χ3n) is 2.95. The van der Waals surface area contributed by atoms with E-state index in [1.807, 2.05) is 0 Å². The second-order valence-corrected chi connectivity index (χ2v) is 6.98. The van der Waals surface area contributed by atoms with Gasteiger partial charge in [0.25, 0.3) is 0 Å². The Balaban J connectivity index is 1.55. The molecular weight excluding hydrogens is 319 g/mol. The number of anilines is 1. The molecular formula is C13H12F3N3S2. The molecule has 1 aliphatic carbocycles. The van der Waals surface area contributed by atoms with Crippen LogP contribution in [0, 0.1) is 0 Å². The Labute approximate surface area is 128 Å². The average molecular weight is 331 g/mol. The quantitative estimate of drug-likeness (QED) is 0.823. The Morgan fingerprint density at radius 1 is 1.19 bits per heavy atom. The van der Waals surface area contributed by atoms with Gasteiger partial charge in [-0.3, -0.25) is 0 Å². The van der Waals surface area contributed by atoms with Crippen LogP contribution in [0.3, 0.4) is 0 Å². The van der Waals surface area contributed by atoms with E-state index in [2.05, 4.69) is 15.5 Å². The van der Waals surface area contributed by atoms with Crippen LogP contribution in [0.15, 0.2) is 28.6 Å². The van der Waals surface area contributed by atoms with Crippen LogP contribution in [0.4, 0.5) is 18.3 Å².